The molecule has 0 heterocycles. The fourth-order valence-corrected chi connectivity index (χ4v) is 3.32. The van der Waals surface area contributed by atoms with Gasteiger partial charge in [-0.25, -0.2) is 0 Å². The highest BCUT2D eigenvalue weighted by Gasteiger charge is 2.29. The van der Waals surface area contributed by atoms with Crippen LogP contribution in [0.5, 0.6) is 5.75 Å². The summed E-state index contributed by atoms with van der Waals surface area (Å²) in [6, 6.07) is 7.09. The van der Waals surface area contributed by atoms with Gasteiger partial charge >= 0.3 is 0 Å². The molecule has 2 rings (SSSR count). The first-order chi connectivity index (χ1) is 9.15. The lowest BCUT2D eigenvalue weighted by Gasteiger charge is -2.29. The van der Waals surface area contributed by atoms with E-state index in [1.54, 1.807) is 7.11 Å². The molecule has 2 atom stereocenters. The van der Waals surface area contributed by atoms with Gasteiger partial charge in [-0.15, -0.1) is 0 Å². The Hall–Kier alpha value is -1.06. The van der Waals surface area contributed by atoms with Crippen molar-refractivity contribution in [3.8, 4) is 5.75 Å². The summed E-state index contributed by atoms with van der Waals surface area (Å²) >= 11 is 0. The Bertz CT molecular complexity index is 419. The van der Waals surface area contributed by atoms with Crippen molar-refractivity contribution in [2.75, 3.05) is 20.7 Å². The van der Waals surface area contributed by atoms with E-state index < -0.39 is 0 Å². The smallest absolute Gasteiger partial charge is 0.121 e. The molecule has 0 aliphatic heterocycles. The summed E-state index contributed by atoms with van der Waals surface area (Å²) in [6.45, 7) is 3.91. The second kappa shape index (κ2) is 6.40. The molecule has 0 bridgehead atoms. The average Bonchev–Trinajstić information content (AvgIpc) is 2.87. The third-order valence-corrected chi connectivity index (χ3v) is 4.38. The predicted octanol–water partition coefficient (Wildman–Crippen LogP) is 2.56. The van der Waals surface area contributed by atoms with Gasteiger partial charge in [0.05, 0.1) is 7.11 Å². The lowest BCUT2D eigenvalue weighted by Crippen LogP contribution is -2.37. The van der Waals surface area contributed by atoms with Gasteiger partial charge in [0.1, 0.15) is 5.75 Å². The fraction of sp³-hybridized carbons (Fsp3) is 0.625. The topological polar surface area (TPSA) is 38.5 Å². The van der Waals surface area contributed by atoms with Crippen LogP contribution in [0.2, 0.25) is 0 Å². The SMILES string of the molecule is COc1ccc(CN(C)C2CCCC2CN)cc1C. The van der Waals surface area contributed by atoms with E-state index in [1.807, 2.05) is 0 Å². The molecule has 1 fully saturated rings. The Balaban J connectivity index is 2.02. The molecule has 2 N–H and O–H groups in total. The summed E-state index contributed by atoms with van der Waals surface area (Å²) in [5.74, 6) is 1.64. The Kier molecular flexibility index (Phi) is 4.83. The van der Waals surface area contributed by atoms with Crippen molar-refractivity contribution in [1.82, 2.24) is 4.90 Å². The second-order valence-electron chi connectivity index (χ2n) is 5.71. The van der Waals surface area contributed by atoms with Gasteiger partial charge in [-0.2, -0.15) is 0 Å². The third kappa shape index (κ3) is 3.28. The number of nitrogens with zero attached hydrogens (tertiary/aromatic N) is 1. The maximum absolute atomic E-state index is 5.87. The van der Waals surface area contributed by atoms with Crippen molar-refractivity contribution in [3.05, 3.63) is 29.3 Å². The number of nitrogens with two attached hydrogens (primary N) is 1. The van der Waals surface area contributed by atoms with Crippen molar-refractivity contribution in [2.24, 2.45) is 11.7 Å². The molecule has 106 valence electrons. The number of rotatable bonds is 5. The molecule has 0 aromatic heterocycles. The molecular formula is C16H26N2O. The van der Waals surface area contributed by atoms with Crippen LogP contribution in [-0.2, 0) is 6.54 Å². The Labute approximate surface area is 116 Å². The molecule has 1 aromatic carbocycles. The molecule has 1 saturated carbocycles. The maximum atomic E-state index is 5.87. The molecule has 1 aliphatic carbocycles. The summed E-state index contributed by atoms with van der Waals surface area (Å²) in [6.07, 6.45) is 3.89. The number of hydrogen-bond acceptors (Lipinski definition) is 3. The van der Waals surface area contributed by atoms with Gasteiger partial charge in [0.15, 0.2) is 0 Å². The average molecular weight is 262 g/mol. The van der Waals surface area contributed by atoms with Crippen LogP contribution in [-0.4, -0.2) is 31.6 Å². The third-order valence-electron chi connectivity index (χ3n) is 4.38. The first kappa shape index (κ1) is 14.4. The minimum Gasteiger partial charge on any atom is -0.496 e. The van der Waals surface area contributed by atoms with Crippen molar-refractivity contribution in [1.29, 1.82) is 0 Å². The van der Waals surface area contributed by atoms with E-state index in [-0.39, 0.29) is 0 Å². The lowest BCUT2D eigenvalue weighted by molar-refractivity contribution is 0.193. The molecule has 19 heavy (non-hydrogen) atoms. The molecule has 2 unspecified atom stereocenters. The Morgan fingerprint density at radius 3 is 2.79 bits per heavy atom. The molecule has 3 heteroatoms. The van der Waals surface area contributed by atoms with Gasteiger partial charge in [-0.1, -0.05) is 18.6 Å². The molecule has 0 radical (unpaired) electrons. The molecule has 1 aromatic rings. The van der Waals surface area contributed by atoms with E-state index in [9.17, 15) is 0 Å². The summed E-state index contributed by atoms with van der Waals surface area (Å²) < 4.78 is 5.31. The van der Waals surface area contributed by atoms with Crippen LogP contribution in [0.1, 0.15) is 30.4 Å². The summed E-state index contributed by atoms with van der Waals surface area (Å²) in [7, 11) is 3.94. The van der Waals surface area contributed by atoms with Crippen LogP contribution in [0.15, 0.2) is 18.2 Å². The van der Waals surface area contributed by atoms with Gasteiger partial charge in [-0.3, -0.25) is 4.90 Å². The van der Waals surface area contributed by atoms with Crippen LogP contribution in [0.4, 0.5) is 0 Å². The summed E-state index contributed by atoms with van der Waals surface area (Å²) in [5, 5.41) is 0. The quantitative estimate of drug-likeness (QED) is 0.886. The zero-order valence-corrected chi connectivity index (χ0v) is 12.4. The van der Waals surface area contributed by atoms with Gasteiger partial charge in [0.2, 0.25) is 0 Å². The van der Waals surface area contributed by atoms with Crippen LogP contribution >= 0.6 is 0 Å². The van der Waals surface area contributed by atoms with Crippen molar-refractivity contribution >= 4 is 0 Å². The highest BCUT2D eigenvalue weighted by Crippen LogP contribution is 2.29. The highest BCUT2D eigenvalue weighted by atomic mass is 16.5. The molecule has 1 aliphatic rings. The largest absolute Gasteiger partial charge is 0.496 e. The van der Waals surface area contributed by atoms with Gasteiger partial charge in [0.25, 0.3) is 0 Å². The lowest BCUT2D eigenvalue weighted by atomic mass is 10.0. The number of aryl methyl sites for hydroxylation is 1. The van der Waals surface area contributed by atoms with Crippen LogP contribution < -0.4 is 10.5 Å². The minimum atomic E-state index is 0.646. The first-order valence-electron chi connectivity index (χ1n) is 7.19. The Morgan fingerprint density at radius 1 is 1.37 bits per heavy atom. The van der Waals surface area contributed by atoms with Gasteiger partial charge in [-0.05, 0) is 56.5 Å². The van der Waals surface area contributed by atoms with Crippen molar-refractivity contribution < 1.29 is 4.74 Å². The molecular weight excluding hydrogens is 236 g/mol. The molecule has 0 spiro atoms. The minimum absolute atomic E-state index is 0.646. The number of ether oxygens (including phenoxy) is 1. The van der Waals surface area contributed by atoms with Gasteiger partial charge in [0, 0.05) is 12.6 Å². The van der Waals surface area contributed by atoms with Crippen LogP contribution in [0.3, 0.4) is 0 Å². The van der Waals surface area contributed by atoms with E-state index >= 15 is 0 Å². The zero-order chi connectivity index (χ0) is 13.8. The summed E-state index contributed by atoms with van der Waals surface area (Å²) in [4.78, 5) is 2.46. The number of benzene rings is 1. The number of methoxy groups -OCH3 is 1. The molecule has 0 amide bonds. The first-order valence-corrected chi connectivity index (χ1v) is 7.19. The van der Waals surface area contributed by atoms with E-state index in [0.717, 1.165) is 18.8 Å². The van der Waals surface area contributed by atoms with Crippen molar-refractivity contribution in [2.45, 2.75) is 38.8 Å². The number of hydrogen-bond donors (Lipinski definition) is 1. The zero-order valence-electron chi connectivity index (χ0n) is 12.4. The Morgan fingerprint density at radius 2 is 2.16 bits per heavy atom. The van der Waals surface area contributed by atoms with Crippen LogP contribution in [0, 0.1) is 12.8 Å². The predicted molar refractivity (Wildman–Crippen MR) is 79.4 cm³/mol. The normalized spacial score (nSPS) is 23.0. The van der Waals surface area contributed by atoms with E-state index in [1.165, 1.54) is 30.4 Å². The van der Waals surface area contributed by atoms with E-state index in [4.69, 9.17) is 10.5 Å². The second-order valence-corrected chi connectivity index (χ2v) is 5.71. The van der Waals surface area contributed by atoms with Crippen LogP contribution in [0.25, 0.3) is 0 Å². The van der Waals surface area contributed by atoms with Gasteiger partial charge < -0.3 is 10.5 Å². The fourth-order valence-electron chi connectivity index (χ4n) is 3.32. The monoisotopic (exact) mass is 262 g/mol. The van der Waals surface area contributed by atoms with E-state index in [0.29, 0.717) is 12.0 Å². The highest BCUT2D eigenvalue weighted by molar-refractivity contribution is 5.36. The summed E-state index contributed by atoms with van der Waals surface area (Å²) in [5.41, 5.74) is 8.43. The van der Waals surface area contributed by atoms with Crippen molar-refractivity contribution in [3.63, 3.8) is 0 Å². The maximum Gasteiger partial charge on any atom is 0.121 e. The van der Waals surface area contributed by atoms with E-state index in [2.05, 4.69) is 37.1 Å². The standard InChI is InChI=1S/C16H26N2O/c1-12-9-13(7-8-16(12)19-3)11-18(2)15-6-4-5-14(15)10-17/h7-9,14-15H,4-6,10-11,17H2,1-3H3. The molecule has 0 saturated heterocycles. The molecule has 3 nitrogen and oxygen atoms in total.